The third-order valence-electron chi connectivity index (χ3n) is 9.64. The van der Waals surface area contributed by atoms with Crippen LogP contribution in [-0.4, -0.2) is 61.1 Å². The number of ether oxygens (including phenoxy) is 4. The summed E-state index contributed by atoms with van der Waals surface area (Å²) in [5, 5.41) is 10.7. The number of aliphatic hydroxyl groups excluding tert-OH is 1. The molecular weight excluding hydrogens is 1060 g/mol. The first-order valence-electron chi connectivity index (χ1n) is 24.7. The monoisotopic (exact) mass is 1130 g/mol. The van der Waals surface area contributed by atoms with Crippen LogP contribution in [0.1, 0.15) is 150 Å². The second kappa shape index (κ2) is 36.9. The maximum absolute atomic E-state index is 11.7. The van der Waals surface area contributed by atoms with E-state index in [1.165, 1.54) is 6.42 Å². The van der Waals surface area contributed by atoms with Crippen molar-refractivity contribution in [3.05, 3.63) is 150 Å². The van der Waals surface area contributed by atoms with Crippen molar-refractivity contribution < 1.29 is 48.0 Å². The zero-order chi connectivity index (χ0) is 57.7. The molecule has 0 bridgehead atoms. The van der Waals surface area contributed by atoms with Crippen LogP contribution in [0, 0.1) is 29.6 Å². The third kappa shape index (κ3) is 28.1. The van der Waals surface area contributed by atoms with Crippen LogP contribution in [0.3, 0.4) is 0 Å². The first-order valence-corrected chi connectivity index (χ1v) is 26.6. The number of benzene rings is 5. The van der Waals surface area contributed by atoms with Crippen LogP contribution in [0.2, 0.25) is 25.1 Å². The summed E-state index contributed by atoms with van der Waals surface area (Å²) in [5.74, 6) is 3.21. The van der Waals surface area contributed by atoms with Crippen LogP contribution in [0.5, 0.6) is 23.0 Å². The van der Waals surface area contributed by atoms with Gasteiger partial charge in [-0.15, -0.1) is 0 Å². The topological polar surface area (TPSA) is 143 Å². The van der Waals surface area contributed by atoms with E-state index in [1.54, 1.807) is 101 Å². The Labute approximate surface area is 471 Å². The number of Topliss-reactive ketones (excluding diaryl/α,β-unsaturated/α-hetero) is 5. The Morgan fingerprint density at radius 2 is 0.920 bits per heavy atom. The van der Waals surface area contributed by atoms with Gasteiger partial charge in [-0.3, -0.25) is 24.0 Å². The van der Waals surface area contributed by atoms with Crippen LogP contribution in [0.4, 0.5) is 0 Å². The average Bonchev–Trinajstić information content (AvgIpc) is 3.81. The van der Waals surface area contributed by atoms with Gasteiger partial charge >= 0.3 is 0 Å². The fraction of sp³-hybridized carbons (Fsp3) is 0.417. The van der Waals surface area contributed by atoms with E-state index in [1.807, 2.05) is 93.5 Å². The predicted octanol–water partition coefficient (Wildman–Crippen LogP) is 17.4. The Hall–Kier alpha value is -4.94. The van der Waals surface area contributed by atoms with Crippen molar-refractivity contribution in [2.75, 3.05) is 21.0 Å². The summed E-state index contributed by atoms with van der Waals surface area (Å²) >= 11 is 29.1. The molecule has 0 unspecified atom stereocenters. The zero-order valence-corrected chi connectivity index (χ0v) is 50.1. The van der Waals surface area contributed by atoms with Crippen LogP contribution in [0.15, 0.2) is 97.1 Å². The molecule has 0 amide bonds. The predicted molar refractivity (Wildman–Crippen MR) is 310 cm³/mol. The van der Waals surface area contributed by atoms with Crippen molar-refractivity contribution >= 4 is 86.9 Å². The maximum Gasteiger partial charge on any atom is 0.231 e. The molecule has 6 rings (SSSR count). The Balaban J connectivity index is 0.000000884. The molecule has 1 N–H and O–H groups in total. The van der Waals surface area contributed by atoms with Crippen LogP contribution < -0.4 is 18.9 Å². The minimum absolute atomic E-state index is 0.00960. The third-order valence-corrected chi connectivity index (χ3v) is 10.8. The SMILES string of the molecule is CC(C)C(=O)Cc1cccc(Cl)c1.CC(C)C(=O)c1cc(Cl)cc(Cl)c1.CC(C)C(=O)c1ccc2c(c1)OCO2.CC(C)O.CCC.COc1cc(Cl)cc(C(=O)C(C)C)c1.COc1ccc(C(=O)C(C)C)cc1Cl. The molecule has 10 nitrogen and oxygen atoms in total. The van der Waals surface area contributed by atoms with Gasteiger partial charge in [0, 0.05) is 84.5 Å². The highest BCUT2D eigenvalue weighted by Crippen LogP contribution is 2.33. The Morgan fingerprint density at radius 1 is 0.493 bits per heavy atom. The number of halogens is 5. The number of fused-ring (bicyclic) bond motifs is 1. The second-order valence-corrected chi connectivity index (χ2v) is 20.9. The van der Waals surface area contributed by atoms with Gasteiger partial charge in [-0.25, -0.2) is 0 Å². The molecule has 75 heavy (non-hydrogen) atoms. The van der Waals surface area contributed by atoms with Crippen molar-refractivity contribution in [3.8, 4) is 23.0 Å². The molecule has 0 atom stereocenters. The molecule has 0 aromatic heterocycles. The van der Waals surface area contributed by atoms with Crippen LogP contribution in [0.25, 0.3) is 0 Å². The first-order chi connectivity index (χ1) is 35.0. The number of ketones is 5. The van der Waals surface area contributed by atoms with Gasteiger partial charge in [-0.1, -0.05) is 160 Å². The zero-order valence-electron chi connectivity index (χ0n) is 46.3. The molecule has 0 saturated heterocycles. The van der Waals surface area contributed by atoms with Gasteiger partial charge in [0.2, 0.25) is 6.79 Å². The molecule has 1 aliphatic rings. The number of hydrogen-bond donors (Lipinski definition) is 1. The molecule has 0 spiro atoms. The maximum atomic E-state index is 11.7. The highest BCUT2D eigenvalue weighted by molar-refractivity contribution is 6.35. The van der Waals surface area contributed by atoms with E-state index in [0.29, 0.717) is 76.8 Å². The average molecular weight is 1140 g/mol. The molecule has 0 saturated carbocycles. The van der Waals surface area contributed by atoms with Gasteiger partial charge in [0.05, 0.1) is 19.2 Å². The Kier molecular flexibility index (Phi) is 34.5. The number of hydrogen-bond acceptors (Lipinski definition) is 10. The molecule has 5 aromatic rings. The van der Waals surface area contributed by atoms with E-state index in [9.17, 15) is 24.0 Å². The van der Waals surface area contributed by atoms with Gasteiger partial charge in [0.1, 0.15) is 17.3 Å². The van der Waals surface area contributed by atoms with Gasteiger partial charge in [0.15, 0.2) is 34.6 Å². The van der Waals surface area contributed by atoms with E-state index >= 15 is 0 Å². The van der Waals surface area contributed by atoms with Crippen molar-refractivity contribution in [2.24, 2.45) is 29.6 Å². The molecule has 1 aliphatic heterocycles. The lowest BCUT2D eigenvalue weighted by atomic mass is 10.0. The summed E-state index contributed by atoms with van der Waals surface area (Å²) in [4.78, 5) is 57.8. The highest BCUT2D eigenvalue weighted by Gasteiger charge is 2.18. The Bertz CT molecular complexity index is 2540. The van der Waals surface area contributed by atoms with Gasteiger partial charge in [0.25, 0.3) is 0 Å². The van der Waals surface area contributed by atoms with Gasteiger partial charge in [-0.05, 0) is 104 Å². The van der Waals surface area contributed by atoms with Crippen molar-refractivity contribution in [2.45, 2.75) is 116 Å². The van der Waals surface area contributed by atoms with E-state index in [-0.39, 0.29) is 71.4 Å². The van der Waals surface area contributed by atoms with Gasteiger partial charge in [-0.2, -0.15) is 0 Å². The summed E-state index contributed by atoms with van der Waals surface area (Å²) in [6.45, 7) is 26.6. The fourth-order valence-corrected chi connectivity index (χ4v) is 7.00. The molecule has 5 aromatic carbocycles. The van der Waals surface area contributed by atoms with Crippen LogP contribution >= 0.6 is 58.0 Å². The van der Waals surface area contributed by atoms with Crippen molar-refractivity contribution in [3.63, 3.8) is 0 Å². The number of aliphatic hydroxyl groups is 1. The standard InChI is InChI=1S/2C11H13ClO2.C11H13ClO.C11H12O3.C10H10Cl2O.C3H8O.C3H8/c1-7(2)11(13)8-4-9(12)6-10(5-8)14-3;1-7(2)11(13)8-4-5-10(14-3)9(12)6-8;1-8(2)11(13)7-9-4-3-5-10(12)6-9;1-7(2)11(12)8-3-4-9-10(5-8)14-6-13-9;1-6(2)10(13)7-3-8(11)5-9(12)4-7;1-3(2)4;1-3-2/h2*4-7H,1-3H3;3-6,8H,7H2,1-2H3;3-5,7H,6H2,1-2H3;3-6H,1-2H3;3-4H,1-2H3;3H2,1-2H3. The Morgan fingerprint density at radius 3 is 1.35 bits per heavy atom. The molecule has 0 aliphatic carbocycles. The molecule has 15 heteroatoms. The lowest BCUT2D eigenvalue weighted by molar-refractivity contribution is -0.121. The van der Waals surface area contributed by atoms with E-state index in [4.69, 9.17) is 82.1 Å². The summed E-state index contributed by atoms with van der Waals surface area (Å²) in [7, 11) is 3.10. The summed E-state index contributed by atoms with van der Waals surface area (Å²) in [6, 6.07) is 27.7. The second-order valence-electron chi connectivity index (χ2n) is 18.8. The fourth-order valence-electron chi connectivity index (χ4n) is 5.77. The first kappa shape index (κ1) is 70.1. The lowest BCUT2D eigenvalue weighted by Crippen LogP contribution is -2.09. The number of rotatable bonds is 13. The van der Waals surface area contributed by atoms with Crippen LogP contribution in [-0.2, 0) is 11.2 Å². The summed E-state index contributed by atoms with van der Waals surface area (Å²) < 4.78 is 20.4. The number of methoxy groups -OCH3 is 2. The number of carbonyl (C=O) groups is 5. The quantitative estimate of drug-likeness (QED) is 0.113. The normalized spacial score (nSPS) is 10.7. The van der Waals surface area contributed by atoms with E-state index in [2.05, 4.69) is 13.8 Å². The highest BCUT2D eigenvalue weighted by atomic mass is 35.5. The molecule has 1 heterocycles. The number of carbonyl (C=O) groups excluding carboxylic acids is 5. The smallest absolute Gasteiger partial charge is 0.231 e. The molecule has 0 fully saturated rings. The summed E-state index contributed by atoms with van der Waals surface area (Å²) in [6.07, 6.45) is 1.57. The lowest BCUT2D eigenvalue weighted by Gasteiger charge is -2.07. The molecule has 0 radical (unpaired) electrons. The van der Waals surface area contributed by atoms with Gasteiger partial charge < -0.3 is 24.1 Å². The summed E-state index contributed by atoms with van der Waals surface area (Å²) in [5.41, 5.74) is 3.48. The van der Waals surface area contributed by atoms with Crippen molar-refractivity contribution in [1.29, 1.82) is 0 Å². The van der Waals surface area contributed by atoms with E-state index in [0.717, 1.165) is 5.56 Å². The minimum atomic E-state index is -0.167. The molecular formula is C60H77Cl5O10. The largest absolute Gasteiger partial charge is 0.497 e. The molecule has 412 valence electrons. The van der Waals surface area contributed by atoms with Crippen molar-refractivity contribution in [1.82, 2.24) is 0 Å². The van der Waals surface area contributed by atoms with E-state index < -0.39 is 0 Å². The minimum Gasteiger partial charge on any atom is -0.497 e.